The lowest BCUT2D eigenvalue weighted by Gasteiger charge is -2.26. The lowest BCUT2D eigenvalue weighted by Crippen LogP contribution is -2.12. The Labute approximate surface area is 311 Å². The number of nitrogens with zero attached hydrogens (tertiary/aromatic N) is 2. The molecule has 8 heteroatoms. The number of carbonyl (C=O) groups is 1. The van der Waals surface area contributed by atoms with Gasteiger partial charge in [-0.15, -0.1) is 0 Å². The summed E-state index contributed by atoms with van der Waals surface area (Å²) in [6, 6.07) is 54.0. The summed E-state index contributed by atoms with van der Waals surface area (Å²) in [5.41, 5.74) is 2.90. The number of nitriles is 2. The maximum atomic E-state index is 12.8. The van der Waals surface area contributed by atoms with Crippen LogP contribution in [0.2, 0.25) is 0 Å². The summed E-state index contributed by atoms with van der Waals surface area (Å²) in [4.78, 5) is 12.8. The van der Waals surface area contributed by atoms with E-state index in [9.17, 15) is 20.4 Å². The molecule has 0 aromatic heterocycles. The molecule has 0 amide bonds. The third-order valence-electron chi connectivity index (χ3n) is 8.47. The monoisotopic (exact) mass is 706 g/mol. The number of rotatable bonds is 12. The van der Waals surface area contributed by atoms with Gasteiger partial charge < -0.3 is 24.1 Å². The van der Waals surface area contributed by atoms with E-state index < -0.39 is 11.9 Å². The average molecular weight is 707 g/mol. The normalized spacial score (nSPS) is 10.5. The molecule has 0 aliphatic heterocycles. The smallest absolute Gasteiger partial charge is 0.335 e. The fourth-order valence-corrected chi connectivity index (χ4v) is 5.95. The van der Waals surface area contributed by atoms with Gasteiger partial charge in [0.05, 0.1) is 28.8 Å². The first kappa shape index (κ1) is 34.6. The van der Waals surface area contributed by atoms with Crippen molar-refractivity contribution in [2.45, 2.75) is 5.92 Å². The molecule has 260 valence electrons. The van der Waals surface area contributed by atoms with E-state index in [1.165, 1.54) is 0 Å². The molecule has 0 saturated carbocycles. The number of ether oxygens (including phenoxy) is 4. The Morgan fingerprint density at radius 2 is 0.833 bits per heavy atom. The van der Waals surface area contributed by atoms with Crippen molar-refractivity contribution >= 4 is 5.97 Å². The summed E-state index contributed by atoms with van der Waals surface area (Å²) >= 11 is 0. The summed E-state index contributed by atoms with van der Waals surface area (Å²) in [6.07, 6.45) is 0. The van der Waals surface area contributed by atoms with Crippen molar-refractivity contribution in [3.8, 4) is 58.1 Å². The van der Waals surface area contributed by atoms with Gasteiger partial charge in [0.2, 0.25) is 0 Å². The Morgan fingerprint density at radius 1 is 0.444 bits per heavy atom. The van der Waals surface area contributed by atoms with E-state index in [1.54, 1.807) is 97.1 Å². The van der Waals surface area contributed by atoms with Crippen molar-refractivity contribution in [2.75, 3.05) is 0 Å². The van der Waals surface area contributed by atoms with Crippen LogP contribution in [0.15, 0.2) is 170 Å². The highest BCUT2D eigenvalue weighted by molar-refractivity contribution is 5.90. The van der Waals surface area contributed by atoms with Gasteiger partial charge in [-0.3, -0.25) is 0 Å². The zero-order valence-corrected chi connectivity index (χ0v) is 28.6. The second kappa shape index (κ2) is 16.0. The molecule has 0 heterocycles. The Bertz CT molecular complexity index is 2340. The summed E-state index contributed by atoms with van der Waals surface area (Å²) in [5, 5.41) is 29.0. The van der Waals surface area contributed by atoms with Gasteiger partial charge in [0.25, 0.3) is 0 Å². The molecule has 1 N–H and O–H groups in total. The largest absolute Gasteiger partial charge is 0.478 e. The number of para-hydroxylation sites is 2. The van der Waals surface area contributed by atoms with Gasteiger partial charge >= 0.3 is 5.97 Å². The van der Waals surface area contributed by atoms with Crippen LogP contribution in [-0.2, 0) is 0 Å². The molecule has 0 aliphatic carbocycles. The van der Waals surface area contributed by atoms with Gasteiger partial charge in [0.1, 0.15) is 46.0 Å². The SMILES string of the molecule is N#Cc1ccc(Oc2ccc(C(c3ccc(Oc4ccc(C#N)cc4)cc3Oc3ccccc3)c3ccccc3C(=O)O)c(Oc3ccccc3)c2)cc1. The predicted octanol–water partition coefficient (Wildman–Crippen LogP) is 11.5. The maximum Gasteiger partial charge on any atom is 0.335 e. The van der Waals surface area contributed by atoms with Gasteiger partial charge in [-0.1, -0.05) is 66.7 Å². The highest BCUT2D eigenvalue weighted by atomic mass is 16.5. The first-order valence-corrected chi connectivity index (χ1v) is 16.9. The molecule has 54 heavy (non-hydrogen) atoms. The zero-order valence-electron chi connectivity index (χ0n) is 28.6. The van der Waals surface area contributed by atoms with Crippen LogP contribution in [-0.4, -0.2) is 11.1 Å². The van der Waals surface area contributed by atoms with Gasteiger partial charge in [-0.25, -0.2) is 4.79 Å². The predicted molar refractivity (Wildman–Crippen MR) is 203 cm³/mol. The highest BCUT2D eigenvalue weighted by Crippen LogP contribution is 2.47. The van der Waals surface area contributed by atoms with E-state index in [-0.39, 0.29) is 5.56 Å². The van der Waals surface area contributed by atoms with Crippen molar-refractivity contribution in [1.29, 1.82) is 10.5 Å². The maximum absolute atomic E-state index is 12.8. The van der Waals surface area contributed by atoms with Gasteiger partial charge in [0, 0.05) is 29.2 Å². The van der Waals surface area contributed by atoms with Crippen LogP contribution in [0.25, 0.3) is 0 Å². The molecule has 8 nitrogen and oxygen atoms in total. The number of hydrogen-bond acceptors (Lipinski definition) is 7. The molecule has 7 rings (SSSR count). The minimum atomic E-state index is -1.09. The zero-order chi connectivity index (χ0) is 37.3. The van der Waals surface area contributed by atoms with Crippen molar-refractivity contribution in [3.05, 3.63) is 203 Å². The minimum absolute atomic E-state index is 0.106. The van der Waals surface area contributed by atoms with Crippen molar-refractivity contribution in [2.24, 2.45) is 0 Å². The van der Waals surface area contributed by atoms with Crippen molar-refractivity contribution in [1.82, 2.24) is 0 Å². The van der Waals surface area contributed by atoms with Crippen LogP contribution < -0.4 is 18.9 Å². The summed E-state index contributed by atoms with van der Waals surface area (Å²) in [6.45, 7) is 0. The lowest BCUT2D eigenvalue weighted by molar-refractivity contribution is 0.0695. The minimum Gasteiger partial charge on any atom is -0.478 e. The number of carboxylic acid groups (broad SMARTS) is 1. The first-order chi connectivity index (χ1) is 26.5. The van der Waals surface area contributed by atoms with E-state index in [4.69, 9.17) is 18.9 Å². The van der Waals surface area contributed by atoms with Gasteiger partial charge in [-0.05, 0) is 96.6 Å². The average Bonchev–Trinajstić information content (AvgIpc) is 3.21. The number of aromatic carboxylic acids is 1. The molecular weight excluding hydrogens is 677 g/mol. The standard InChI is InChI=1S/C46H30N2O6/c47-29-31-15-19-35(20-16-31)51-37-23-25-41(43(27-37)53-33-9-3-1-4-10-33)45(39-13-7-8-14-40(39)46(49)50)42-26-24-38(52-36-21-17-32(30-48)18-22-36)28-44(42)54-34-11-5-2-6-12-34/h1-28,45H,(H,49,50). The van der Waals surface area contributed by atoms with E-state index in [0.717, 1.165) is 0 Å². The highest BCUT2D eigenvalue weighted by Gasteiger charge is 2.29. The van der Waals surface area contributed by atoms with Crippen LogP contribution in [0.4, 0.5) is 0 Å². The Hall–Kier alpha value is -7.81. The van der Waals surface area contributed by atoms with Crippen molar-refractivity contribution in [3.63, 3.8) is 0 Å². The fourth-order valence-electron chi connectivity index (χ4n) is 5.95. The molecular formula is C46H30N2O6. The topological polar surface area (TPSA) is 122 Å². The number of carboxylic acids is 1. The van der Waals surface area contributed by atoms with E-state index in [0.29, 0.717) is 73.8 Å². The number of benzene rings is 7. The van der Waals surface area contributed by atoms with Crippen LogP contribution in [0.3, 0.4) is 0 Å². The van der Waals surface area contributed by atoms with Gasteiger partial charge in [0.15, 0.2) is 0 Å². The molecule has 0 fully saturated rings. The van der Waals surface area contributed by atoms with Crippen LogP contribution in [0.1, 0.15) is 44.1 Å². The van der Waals surface area contributed by atoms with E-state index >= 15 is 0 Å². The Morgan fingerprint density at radius 3 is 1.26 bits per heavy atom. The van der Waals surface area contributed by atoms with Crippen LogP contribution >= 0.6 is 0 Å². The lowest BCUT2D eigenvalue weighted by atomic mass is 9.81. The molecule has 0 bridgehead atoms. The van der Waals surface area contributed by atoms with E-state index in [1.807, 2.05) is 72.8 Å². The van der Waals surface area contributed by atoms with Crippen LogP contribution in [0.5, 0.6) is 46.0 Å². The Balaban J connectivity index is 1.41. The summed E-state index contributed by atoms with van der Waals surface area (Å²) in [7, 11) is 0. The number of hydrogen-bond donors (Lipinski definition) is 1. The molecule has 7 aromatic rings. The Kier molecular flexibility index (Phi) is 10.3. The molecule has 0 saturated heterocycles. The van der Waals surface area contributed by atoms with E-state index in [2.05, 4.69) is 12.1 Å². The molecule has 0 radical (unpaired) electrons. The fraction of sp³-hybridized carbons (Fsp3) is 0.0217. The first-order valence-electron chi connectivity index (χ1n) is 16.9. The molecule has 0 spiro atoms. The molecule has 7 aromatic carbocycles. The van der Waals surface area contributed by atoms with Crippen LogP contribution in [0, 0.1) is 22.7 Å². The third-order valence-corrected chi connectivity index (χ3v) is 8.47. The summed E-state index contributed by atoms with van der Waals surface area (Å²) in [5.74, 6) is 2.11. The third kappa shape index (κ3) is 8.05. The van der Waals surface area contributed by atoms with Crippen molar-refractivity contribution < 1.29 is 28.8 Å². The van der Waals surface area contributed by atoms with Gasteiger partial charge in [-0.2, -0.15) is 10.5 Å². The second-order valence-electron chi connectivity index (χ2n) is 12.0. The summed E-state index contributed by atoms with van der Waals surface area (Å²) < 4.78 is 25.6. The second-order valence-corrected chi connectivity index (χ2v) is 12.0. The molecule has 0 unspecified atom stereocenters. The molecule has 0 atom stereocenters. The quantitative estimate of drug-likeness (QED) is 0.125. The molecule has 0 aliphatic rings.